The molecule has 162 valence electrons. The van der Waals surface area contributed by atoms with Gasteiger partial charge in [0.25, 0.3) is 0 Å². The Kier molecular flexibility index (Phi) is 6.91. The molecule has 0 spiro atoms. The first-order valence-corrected chi connectivity index (χ1v) is 10.3. The number of carbonyl (C=O) groups is 3. The number of ether oxygens (including phenoxy) is 4. The average Bonchev–Trinajstić information content (AvgIpc) is 2.92. The molecule has 0 unspecified atom stereocenters. The van der Waals surface area contributed by atoms with Crippen molar-refractivity contribution in [3.05, 3.63) is 26.9 Å². The zero-order chi connectivity index (χ0) is 22.2. The minimum absolute atomic E-state index is 0.118. The molecule has 4 atom stereocenters. The first kappa shape index (κ1) is 22.8. The lowest BCUT2D eigenvalue weighted by Gasteiger charge is -2.41. The topological polar surface area (TPSA) is 106 Å². The number of nitrogens with zero attached hydrogens (tertiary/aromatic N) is 2. The van der Waals surface area contributed by atoms with Gasteiger partial charge in [-0.05, 0) is 28.1 Å². The predicted octanol–water partition coefficient (Wildman–Crippen LogP) is 3.43. The number of esters is 3. The maximum Gasteiger partial charge on any atom is 0.303 e. The normalized spacial score (nSPS) is 23.8. The van der Waals surface area contributed by atoms with Crippen LogP contribution in [-0.4, -0.2) is 52.4 Å². The third-order valence-corrected chi connectivity index (χ3v) is 5.55. The summed E-state index contributed by atoms with van der Waals surface area (Å²) in [6, 6.07) is 3.17. The van der Waals surface area contributed by atoms with Crippen LogP contribution in [0.15, 0.2) is 16.9 Å². The van der Waals surface area contributed by atoms with Crippen LogP contribution in [0.3, 0.4) is 0 Å². The molecule has 1 fully saturated rings. The molecule has 0 amide bonds. The maximum absolute atomic E-state index is 11.8. The van der Waals surface area contributed by atoms with Crippen LogP contribution in [0.1, 0.15) is 27.0 Å². The van der Waals surface area contributed by atoms with Gasteiger partial charge in [0.15, 0.2) is 29.3 Å². The van der Waals surface area contributed by atoms with E-state index in [9.17, 15) is 14.4 Å². The third-order valence-electron chi connectivity index (χ3n) is 4.27. The molecule has 1 aromatic heterocycles. The van der Waals surface area contributed by atoms with Gasteiger partial charge in [-0.15, -0.1) is 0 Å². The minimum atomic E-state index is -1.15. The molecule has 1 aliphatic rings. The van der Waals surface area contributed by atoms with Crippen LogP contribution in [0.25, 0.3) is 11.0 Å². The summed E-state index contributed by atoms with van der Waals surface area (Å²) in [7, 11) is 0. The molecular weight excluding hydrogens is 507 g/mol. The summed E-state index contributed by atoms with van der Waals surface area (Å²) in [5, 5.41) is 0.599. The molecule has 1 saturated heterocycles. The van der Waals surface area contributed by atoms with Crippen LogP contribution in [0.5, 0.6) is 0 Å². The van der Waals surface area contributed by atoms with Gasteiger partial charge in [-0.1, -0.05) is 23.2 Å². The fourth-order valence-electron chi connectivity index (χ4n) is 3.25. The summed E-state index contributed by atoms with van der Waals surface area (Å²) in [6.07, 6.45) is -4.20. The van der Waals surface area contributed by atoms with Gasteiger partial charge in [0.05, 0.1) is 27.7 Å². The average molecular weight is 524 g/mol. The molecule has 2 aromatic rings. The summed E-state index contributed by atoms with van der Waals surface area (Å²) in [5.41, 5.74) is 1.04. The zero-order valence-corrected chi connectivity index (χ0v) is 19.2. The zero-order valence-electron chi connectivity index (χ0n) is 16.1. The van der Waals surface area contributed by atoms with E-state index in [2.05, 4.69) is 20.9 Å². The largest absolute Gasteiger partial charge is 0.456 e. The van der Waals surface area contributed by atoms with Crippen LogP contribution in [0, 0.1) is 0 Å². The number of rotatable bonds is 4. The highest BCUT2D eigenvalue weighted by molar-refractivity contribution is 9.10. The minimum Gasteiger partial charge on any atom is -0.456 e. The second-order valence-corrected chi connectivity index (χ2v) is 8.05. The summed E-state index contributed by atoms with van der Waals surface area (Å²) in [5.74, 6) is -1.88. The molecule has 3 rings (SSSR count). The predicted molar refractivity (Wildman–Crippen MR) is 109 cm³/mol. The molecule has 30 heavy (non-hydrogen) atoms. The number of hydrogen-bond acceptors (Lipinski definition) is 8. The van der Waals surface area contributed by atoms with Crippen molar-refractivity contribution in [2.75, 3.05) is 6.61 Å². The van der Waals surface area contributed by atoms with Crippen molar-refractivity contribution in [3.8, 4) is 0 Å². The van der Waals surface area contributed by atoms with Gasteiger partial charge in [0.2, 0.25) is 0 Å². The Bertz CT molecular complexity index is 1010. The Morgan fingerprint density at radius 1 is 1.03 bits per heavy atom. The fraction of sp³-hybridized carbons (Fsp3) is 0.444. The van der Waals surface area contributed by atoms with E-state index in [-0.39, 0.29) is 11.6 Å². The Labute approximate surface area is 189 Å². The van der Waals surface area contributed by atoms with Crippen molar-refractivity contribution in [2.24, 2.45) is 0 Å². The van der Waals surface area contributed by atoms with E-state index >= 15 is 0 Å². The smallest absolute Gasteiger partial charge is 0.303 e. The van der Waals surface area contributed by atoms with Crippen molar-refractivity contribution >= 4 is 68.1 Å². The van der Waals surface area contributed by atoms with Crippen LogP contribution in [-0.2, 0) is 33.3 Å². The summed E-state index contributed by atoms with van der Waals surface area (Å²) >= 11 is 15.6. The van der Waals surface area contributed by atoms with E-state index in [0.717, 1.165) is 0 Å². The van der Waals surface area contributed by atoms with Crippen LogP contribution >= 0.6 is 39.1 Å². The molecule has 9 nitrogen and oxygen atoms in total. The van der Waals surface area contributed by atoms with Gasteiger partial charge >= 0.3 is 17.9 Å². The molecule has 12 heteroatoms. The first-order chi connectivity index (χ1) is 14.1. The fourth-order valence-corrected chi connectivity index (χ4v) is 4.15. The highest BCUT2D eigenvalue weighted by Crippen LogP contribution is 2.37. The van der Waals surface area contributed by atoms with Gasteiger partial charge < -0.3 is 18.9 Å². The number of hydrogen-bond donors (Lipinski definition) is 0. The van der Waals surface area contributed by atoms with Crippen molar-refractivity contribution < 1.29 is 33.3 Å². The Morgan fingerprint density at radius 3 is 2.20 bits per heavy atom. The van der Waals surface area contributed by atoms with Crippen LogP contribution in [0.2, 0.25) is 10.0 Å². The highest BCUT2D eigenvalue weighted by atomic mass is 79.9. The Balaban J connectivity index is 2.11. The van der Waals surface area contributed by atoms with Gasteiger partial charge in [0.1, 0.15) is 0 Å². The van der Waals surface area contributed by atoms with Gasteiger partial charge in [0, 0.05) is 20.8 Å². The van der Waals surface area contributed by atoms with E-state index < -0.39 is 42.4 Å². The van der Waals surface area contributed by atoms with Gasteiger partial charge in [-0.2, -0.15) is 0 Å². The van der Waals surface area contributed by atoms with Crippen LogP contribution in [0.4, 0.5) is 0 Å². The highest BCUT2D eigenvalue weighted by Gasteiger charge is 2.48. The lowest BCUT2D eigenvalue weighted by atomic mass is 10.0. The SMILES string of the molecule is CC(=O)O[C@@H]1[C@H](OC(C)=O)[C@@H](n2c(Br)nc3cc(Cl)c(Cl)cc32)OC[C@@H]1OC(C)=O. The van der Waals surface area contributed by atoms with E-state index in [4.69, 9.17) is 42.1 Å². The van der Waals surface area contributed by atoms with Gasteiger partial charge in [-0.3, -0.25) is 19.0 Å². The van der Waals surface area contributed by atoms with E-state index in [1.54, 1.807) is 16.7 Å². The van der Waals surface area contributed by atoms with Crippen LogP contribution < -0.4 is 0 Å². The molecule has 0 radical (unpaired) electrons. The Morgan fingerprint density at radius 2 is 1.60 bits per heavy atom. The monoisotopic (exact) mass is 522 g/mol. The van der Waals surface area contributed by atoms with Crippen molar-refractivity contribution in [1.29, 1.82) is 0 Å². The lowest BCUT2D eigenvalue weighted by Crippen LogP contribution is -2.55. The number of carbonyl (C=O) groups excluding carboxylic acids is 3. The molecule has 0 aliphatic carbocycles. The molecule has 2 heterocycles. The standard InChI is InChI=1S/C18H17BrCl2N2O7/c1-7(24)28-14-6-27-17(16(30-9(3)26)15(14)29-8(2)25)23-13-5-11(21)10(20)4-12(13)22-18(23)19/h4-5,14-17H,6H2,1-3H3/t14-,15-,16-,17-/m0/s1. The third kappa shape index (κ3) is 4.72. The molecule has 0 bridgehead atoms. The summed E-state index contributed by atoms with van der Waals surface area (Å²) in [6.45, 7) is 3.50. The maximum atomic E-state index is 11.8. The van der Waals surface area contributed by atoms with E-state index in [1.807, 2.05) is 0 Å². The molecular formula is C18H17BrCl2N2O7. The van der Waals surface area contributed by atoms with Crippen molar-refractivity contribution in [2.45, 2.75) is 45.3 Å². The molecule has 0 saturated carbocycles. The van der Waals surface area contributed by atoms with E-state index in [0.29, 0.717) is 20.8 Å². The van der Waals surface area contributed by atoms with E-state index in [1.165, 1.54) is 20.8 Å². The second-order valence-electron chi connectivity index (χ2n) is 6.53. The number of halogens is 3. The summed E-state index contributed by atoms with van der Waals surface area (Å²) < 4.78 is 23.9. The first-order valence-electron chi connectivity index (χ1n) is 8.74. The second kappa shape index (κ2) is 9.09. The summed E-state index contributed by atoms with van der Waals surface area (Å²) in [4.78, 5) is 39.4. The van der Waals surface area contributed by atoms with Crippen molar-refractivity contribution in [1.82, 2.24) is 9.55 Å². The number of aromatic nitrogens is 2. The molecule has 1 aliphatic heterocycles. The molecule has 1 aromatic carbocycles. The number of fused-ring (bicyclic) bond motifs is 1. The number of benzene rings is 1. The number of imidazole rings is 1. The van der Waals surface area contributed by atoms with Crippen molar-refractivity contribution in [3.63, 3.8) is 0 Å². The van der Waals surface area contributed by atoms with Gasteiger partial charge in [-0.25, -0.2) is 4.98 Å². The Hall–Kier alpha value is -1.88. The lowest BCUT2D eigenvalue weighted by molar-refractivity contribution is -0.239. The molecule has 0 N–H and O–H groups in total. The quantitative estimate of drug-likeness (QED) is 0.443.